The molecule has 1 aromatic heterocycles. The summed E-state index contributed by atoms with van der Waals surface area (Å²) in [5.74, 6) is 0. The van der Waals surface area contributed by atoms with Gasteiger partial charge in [-0.15, -0.1) is 11.3 Å². The minimum atomic E-state index is -0.536. The van der Waals surface area contributed by atoms with Crippen molar-refractivity contribution < 1.29 is 9.53 Å². The number of hydrogen-bond acceptors (Lipinski definition) is 5. The van der Waals surface area contributed by atoms with E-state index in [1.165, 1.54) is 11.3 Å². The average molecular weight is 253 g/mol. The van der Waals surface area contributed by atoms with Crippen molar-refractivity contribution in [3.63, 3.8) is 0 Å². The lowest BCUT2D eigenvalue weighted by Gasteiger charge is -2.18. The lowest BCUT2D eigenvalue weighted by atomic mass is 10.2. The first-order chi connectivity index (χ1) is 7.81. The van der Waals surface area contributed by atoms with Crippen LogP contribution in [0.1, 0.15) is 31.3 Å². The number of carbonyl (C=O) groups excluding carboxylic acids is 1. The Balaban J connectivity index is 2.67. The molecular formula is C11H15N3O2S. The number of nitriles is 1. The molecule has 1 rings (SSSR count). The summed E-state index contributed by atoms with van der Waals surface area (Å²) in [5.41, 5.74) is 0.230. The Morgan fingerprint density at radius 2 is 2.24 bits per heavy atom. The van der Waals surface area contributed by atoms with Gasteiger partial charge in [-0.05, 0) is 27.7 Å². The Kier molecular flexibility index (Phi) is 4.07. The second kappa shape index (κ2) is 5.15. The highest BCUT2D eigenvalue weighted by atomic mass is 32.1. The molecule has 0 aliphatic rings. The smallest absolute Gasteiger partial charge is 0.413 e. The van der Waals surface area contributed by atoms with Gasteiger partial charge in [0.2, 0.25) is 0 Å². The number of nitrogens with zero attached hydrogens (tertiary/aromatic N) is 2. The molecule has 1 N–H and O–H groups in total. The normalized spacial score (nSPS) is 10.8. The summed E-state index contributed by atoms with van der Waals surface area (Å²) < 4.78 is 5.10. The van der Waals surface area contributed by atoms with Gasteiger partial charge in [0.1, 0.15) is 5.60 Å². The molecule has 0 bridgehead atoms. The molecule has 0 radical (unpaired) electrons. The van der Waals surface area contributed by atoms with Crippen LogP contribution in [0.5, 0.6) is 0 Å². The van der Waals surface area contributed by atoms with Gasteiger partial charge >= 0.3 is 6.09 Å². The second-order valence-corrected chi connectivity index (χ2v) is 5.57. The summed E-state index contributed by atoms with van der Waals surface area (Å²) in [5, 5.41) is 11.6. The predicted molar refractivity (Wildman–Crippen MR) is 66.0 cm³/mol. The van der Waals surface area contributed by atoms with Crippen LogP contribution in [0, 0.1) is 18.3 Å². The first-order valence-corrected chi connectivity index (χ1v) is 5.97. The van der Waals surface area contributed by atoms with Gasteiger partial charge in [0.15, 0.2) is 5.13 Å². The zero-order chi connectivity index (χ0) is 13.1. The van der Waals surface area contributed by atoms with Gasteiger partial charge in [0.05, 0.1) is 18.2 Å². The van der Waals surface area contributed by atoms with E-state index < -0.39 is 11.7 Å². The second-order valence-electron chi connectivity index (χ2n) is 4.49. The highest BCUT2D eigenvalue weighted by Gasteiger charge is 2.17. The van der Waals surface area contributed by atoms with Crippen molar-refractivity contribution in [2.24, 2.45) is 0 Å². The van der Waals surface area contributed by atoms with E-state index in [4.69, 9.17) is 10.00 Å². The molecule has 6 heteroatoms. The summed E-state index contributed by atoms with van der Waals surface area (Å²) in [6, 6.07) is 2.06. The SMILES string of the molecule is Cc1nc(NC(=O)OC(C)(C)C)sc1CC#N. The monoisotopic (exact) mass is 253 g/mol. The summed E-state index contributed by atoms with van der Waals surface area (Å²) in [7, 11) is 0. The van der Waals surface area contributed by atoms with Gasteiger partial charge < -0.3 is 4.74 Å². The van der Waals surface area contributed by atoms with Crippen molar-refractivity contribution in [3.8, 4) is 6.07 Å². The topological polar surface area (TPSA) is 75.0 Å². The Bertz CT molecular complexity index is 454. The van der Waals surface area contributed by atoms with Gasteiger partial charge in [0.25, 0.3) is 0 Å². The van der Waals surface area contributed by atoms with Crippen molar-refractivity contribution in [2.75, 3.05) is 5.32 Å². The number of carbonyl (C=O) groups is 1. The first kappa shape index (κ1) is 13.5. The Morgan fingerprint density at radius 3 is 2.76 bits per heavy atom. The molecule has 0 spiro atoms. The number of nitrogens with one attached hydrogen (secondary N) is 1. The highest BCUT2D eigenvalue weighted by molar-refractivity contribution is 7.15. The number of aryl methyl sites for hydroxylation is 1. The molecular weight excluding hydrogens is 238 g/mol. The molecule has 0 saturated heterocycles. The number of anilines is 1. The van der Waals surface area contributed by atoms with Gasteiger partial charge in [-0.3, -0.25) is 5.32 Å². The van der Waals surface area contributed by atoms with E-state index in [-0.39, 0.29) is 0 Å². The molecule has 0 aliphatic heterocycles. The Morgan fingerprint density at radius 1 is 1.59 bits per heavy atom. The van der Waals surface area contributed by atoms with E-state index in [0.717, 1.165) is 10.6 Å². The van der Waals surface area contributed by atoms with Crippen molar-refractivity contribution in [2.45, 2.75) is 39.7 Å². The van der Waals surface area contributed by atoms with Crippen molar-refractivity contribution in [1.82, 2.24) is 4.98 Å². The molecule has 0 aliphatic carbocycles. The fraction of sp³-hybridized carbons (Fsp3) is 0.545. The van der Waals surface area contributed by atoms with Crippen molar-refractivity contribution >= 4 is 22.6 Å². The number of aromatic nitrogens is 1. The zero-order valence-electron chi connectivity index (χ0n) is 10.3. The summed E-state index contributed by atoms with van der Waals surface area (Å²) in [6.07, 6.45) is -0.228. The minimum absolute atomic E-state index is 0.305. The van der Waals surface area contributed by atoms with Gasteiger partial charge in [-0.2, -0.15) is 5.26 Å². The third kappa shape index (κ3) is 4.41. The molecule has 0 aromatic carbocycles. The molecule has 1 heterocycles. The summed E-state index contributed by atoms with van der Waals surface area (Å²) >= 11 is 1.29. The fourth-order valence-electron chi connectivity index (χ4n) is 1.11. The number of amides is 1. The van der Waals surface area contributed by atoms with E-state index >= 15 is 0 Å². The highest BCUT2D eigenvalue weighted by Crippen LogP contribution is 2.23. The van der Waals surface area contributed by atoms with Gasteiger partial charge in [0, 0.05) is 4.88 Å². The van der Waals surface area contributed by atoms with Crippen molar-refractivity contribution in [3.05, 3.63) is 10.6 Å². The third-order valence-electron chi connectivity index (χ3n) is 1.74. The summed E-state index contributed by atoms with van der Waals surface area (Å²) in [6.45, 7) is 7.19. The van der Waals surface area contributed by atoms with E-state index in [1.807, 2.05) is 6.92 Å². The predicted octanol–water partition coefficient (Wildman–Crippen LogP) is 2.86. The number of rotatable bonds is 2. The van der Waals surface area contributed by atoms with Crippen LogP contribution >= 0.6 is 11.3 Å². The minimum Gasteiger partial charge on any atom is -0.444 e. The third-order valence-corrected chi connectivity index (χ3v) is 2.81. The molecule has 17 heavy (non-hydrogen) atoms. The van der Waals surface area contributed by atoms with Crippen LogP contribution in [-0.4, -0.2) is 16.7 Å². The maximum Gasteiger partial charge on any atom is 0.413 e. The molecule has 0 atom stereocenters. The Hall–Kier alpha value is -1.61. The van der Waals surface area contributed by atoms with Crippen LogP contribution in [0.2, 0.25) is 0 Å². The number of thiazole rings is 1. The molecule has 5 nitrogen and oxygen atoms in total. The lowest BCUT2D eigenvalue weighted by Crippen LogP contribution is -2.27. The molecule has 92 valence electrons. The number of hydrogen-bond donors (Lipinski definition) is 1. The van der Waals surface area contributed by atoms with Crippen LogP contribution in [0.4, 0.5) is 9.93 Å². The molecule has 0 unspecified atom stereocenters. The van der Waals surface area contributed by atoms with Gasteiger partial charge in [-0.1, -0.05) is 0 Å². The Labute approximate surface area is 104 Å². The standard InChI is InChI=1S/C11H15N3O2S/c1-7-8(5-6-12)17-9(13-7)14-10(15)16-11(2,3)4/h5H2,1-4H3,(H,13,14,15). The van der Waals surface area contributed by atoms with E-state index in [2.05, 4.69) is 16.4 Å². The first-order valence-electron chi connectivity index (χ1n) is 5.15. The maximum absolute atomic E-state index is 11.5. The van der Waals surface area contributed by atoms with Crippen molar-refractivity contribution in [1.29, 1.82) is 5.26 Å². The van der Waals surface area contributed by atoms with Crippen LogP contribution in [0.3, 0.4) is 0 Å². The molecule has 1 amide bonds. The van der Waals surface area contributed by atoms with E-state index in [1.54, 1.807) is 20.8 Å². The largest absolute Gasteiger partial charge is 0.444 e. The van der Waals surface area contributed by atoms with Gasteiger partial charge in [-0.25, -0.2) is 9.78 Å². The van der Waals surface area contributed by atoms with E-state index in [9.17, 15) is 4.79 Å². The zero-order valence-corrected chi connectivity index (χ0v) is 11.1. The van der Waals surface area contributed by atoms with Crippen LogP contribution in [-0.2, 0) is 11.2 Å². The average Bonchev–Trinajstić information content (AvgIpc) is 2.43. The summed E-state index contributed by atoms with van der Waals surface area (Å²) in [4.78, 5) is 16.5. The van der Waals surface area contributed by atoms with Crippen LogP contribution in [0.25, 0.3) is 0 Å². The lowest BCUT2D eigenvalue weighted by molar-refractivity contribution is 0.0636. The van der Waals surface area contributed by atoms with Crippen LogP contribution < -0.4 is 5.32 Å². The molecule has 0 fully saturated rings. The number of ether oxygens (including phenoxy) is 1. The van der Waals surface area contributed by atoms with E-state index in [0.29, 0.717) is 11.6 Å². The quantitative estimate of drug-likeness (QED) is 0.879. The molecule has 0 saturated carbocycles. The molecule has 1 aromatic rings. The fourth-order valence-corrected chi connectivity index (χ4v) is 1.99. The maximum atomic E-state index is 11.5. The van der Waals surface area contributed by atoms with Crippen LogP contribution in [0.15, 0.2) is 0 Å².